The van der Waals surface area contributed by atoms with Crippen molar-refractivity contribution in [2.45, 2.75) is 19.8 Å². The van der Waals surface area contributed by atoms with Crippen LogP contribution in [0.15, 0.2) is 18.2 Å². The second-order valence-electron chi connectivity index (χ2n) is 3.55. The van der Waals surface area contributed by atoms with E-state index in [0.29, 0.717) is 6.54 Å². The average molecular weight is 193 g/mol. The minimum atomic E-state index is -0.281. The first-order chi connectivity index (χ1) is 6.68. The molecule has 0 saturated carbocycles. The second kappa shape index (κ2) is 3.40. The number of nitrogens with zero attached hydrogens (tertiary/aromatic N) is 1. The largest absolute Gasteiger partial charge is 0.312 e. The number of rotatable bonds is 0. The van der Waals surface area contributed by atoms with Crippen molar-refractivity contribution in [1.29, 1.82) is 0 Å². The summed E-state index contributed by atoms with van der Waals surface area (Å²) in [6.07, 6.45) is 1.89. The fourth-order valence-corrected chi connectivity index (χ4v) is 1.87. The van der Waals surface area contributed by atoms with Crippen LogP contribution in [0.25, 0.3) is 0 Å². The molecule has 2 rings (SSSR count). The van der Waals surface area contributed by atoms with Gasteiger partial charge in [-0.25, -0.2) is 4.39 Å². The van der Waals surface area contributed by atoms with Crippen LogP contribution in [0, 0.1) is 5.82 Å². The summed E-state index contributed by atoms with van der Waals surface area (Å²) >= 11 is 0. The molecule has 1 heterocycles. The van der Waals surface area contributed by atoms with Crippen LogP contribution in [0.1, 0.15) is 18.9 Å². The Labute approximate surface area is 82.3 Å². The van der Waals surface area contributed by atoms with E-state index in [4.69, 9.17) is 0 Å². The van der Waals surface area contributed by atoms with Gasteiger partial charge < -0.3 is 4.90 Å². The lowest BCUT2D eigenvalue weighted by atomic mass is 10.0. The Morgan fingerprint density at radius 1 is 1.50 bits per heavy atom. The van der Waals surface area contributed by atoms with Crippen LogP contribution in [0.2, 0.25) is 0 Å². The summed E-state index contributed by atoms with van der Waals surface area (Å²) in [6, 6.07) is 4.65. The molecular formula is C11H12FNO. The smallest absolute Gasteiger partial charge is 0.223 e. The maximum absolute atomic E-state index is 13.0. The number of benzene rings is 1. The third-order valence-corrected chi connectivity index (χ3v) is 2.55. The monoisotopic (exact) mass is 193 g/mol. The molecule has 0 atom stereocenters. The van der Waals surface area contributed by atoms with Crippen molar-refractivity contribution in [3.05, 3.63) is 29.6 Å². The zero-order chi connectivity index (χ0) is 10.1. The number of carbonyl (C=O) groups excluding carboxylic acids is 1. The molecule has 1 aromatic rings. The predicted molar refractivity (Wildman–Crippen MR) is 52.7 cm³/mol. The Kier molecular flexibility index (Phi) is 2.23. The minimum Gasteiger partial charge on any atom is -0.312 e. The molecule has 0 spiro atoms. The van der Waals surface area contributed by atoms with Crippen LogP contribution in [0.5, 0.6) is 0 Å². The lowest BCUT2D eigenvalue weighted by Gasteiger charge is -2.28. The van der Waals surface area contributed by atoms with E-state index < -0.39 is 0 Å². The standard InChI is InChI=1S/C11H12FNO/c1-8(14)13-6-2-3-9-4-5-10(12)7-11(9)13/h4-5,7H,2-3,6H2,1H3. The van der Waals surface area contributed by atoms with Gasteiger partial charge in [0.1, 0.15) is 5.82 Å². The molecule has 1 aromatic carbocycles. The number of amides is 1. The molecule has 1 aliphatic heterocycles. The number of carbonyl (C=O) groups is 1. The molecule has 0 saturated heterocycles. The van der Waals surface area contributed by atoms with Gasteiger partial charge in [0.05, 0.1) is 0 Å². The van der Waals surface area contributed by atoms with E-state index in [2.05, 4.69) is 0 Å². The van der Waals surface area contributed by atoms with Crippen molar-refractivity contribution in [3.8, 4) is 0 Å². The molecule has 2 nitrogen and oxygen atoms in total. The van der Waals surface area contributed by atoms with Gasteiger partial charge >= 0.3 is 0 Å². The molecule has 0 unspecified atom stereocenters. The number of anilines is 1. The molecule has 0 aromatic heterocycles. The zero-order valence-corrected chi connectivity index (χ0v) is 8.09. The van der Waals surface area contributed by atoms with Crippen LogP contribution < -0.4 is 4.90 Å². The van der Waals surface area contributed by atoms with Crippen molar-refractivity contribution in [2.75, 3.05) is 11.4 Å². The van der Waals surface area contributed by atoms with Gasteiger partial charge in [-0.05, 0) is 30.5 Å². The van der Waals surface area contributed by atoms with Crippen LogP contribution in [0.3, 0.4) is 0 Å². The summed E-state index contributed by atoms with van der Waals surface area (Å²) < 4.78 is 13.0. The van der Waals surface area contributed by atoms with E-state index in [1.165, 1.54) is 19.1 Å². The van der Waals surface area contributed by atoms with E-state index in [1.807, 2.05) is 0 Å². The first-order valence-electron chi connectivity index (χ1n) is 4.75. The van der Waals surface area contributed by atoms with Crippen molar-refractivity contribution < 1.29 is 9.18 Å². The number of fused-ring (bicyclic) bond motifs is 1. The highest BCUT2D eigenvalue weighted by Gasteiger charge is 2.19. The van der Waals surface area contributed by atoms with Gasteiger partial charge in [0.2, 0.25) is 5.91 Å². The number of aryl methyl sites for hydroxylation is 1. The van der Waals surface area contributed by atoms with Gasteiger partial charge in [-0.1, -0.05) is 6.07 Å². The van der Waals surface area contributed by atoms with Gasteiger partial charge in [0, 0.05) is 19.2 Å². The van der Waals surface area contributed by atoms with Gasteiger partial charge in [0.15, 0.2) is 0 Å². The maximum Gasteiger partial charge on any atom is 0.223 e. The van der Waals surface area contributed by atoms with Crippen molar-refractivity contribution in [1.82, 2.24) is 0 Å². The molecule has 0 radical (unpaired) electrons. The van der Waals surface area contributed by atoms with Gasteiger partial charge in [0.25, 0.3) is 0 Å². The molecular weight excluding hydrogens is 181 g/mol. The maximum atomic E-state index is 13.0. The fraction of sp³-hybridized carbons (Fsp3) is 0.364. The van der Waals surface area contributed by atoms with Crippen molar-refractivity contribution in [3.63, 3.8) is 0 Å². The number of hydrogen-bond acceptors (Lipinski definition) is 1. The van der Waals surface area contributed by atoms with Crippen LogP contribution >= 0.6 is 0 Å². The Bertz CT molecular complexity index is 376. The Morgan fingerprint density at radius 3 is 3.00 bits per heavy atom. The summed E-state index contributed by atoms with van der Waals surface area (Å²) in [5, 5.41) is 0. The third kappa shape index (κ3) is 1.50. The minimum absolute atomic E-state index is 0.0171. The highest BCUT2D eigenvalue weighted by Crippen LogP contribution is 2.27. The SMILES string of the molecule is CC(=O)N1CCCc2ccc(F)cc21. The first kappa shape index (κ1) is 9.19. The van der Waals surface area contributed by atoms with E-state index in [-0.39, 0.29) is 11.7 Å². The molecule has 0 fully saturated rings. The van der Waals surface area contributed by atoms with Gasteiger partial charge in [-0.3, -0.25) is 4.79 Å². The lowest BCUT2D eigenvalue weighted by molar-refractivity contribution is -0.116. The third-order valence-electron chi connectivity index (χ3n) is 2.55. The second-order valence-corrected chi connectivity index (χ2v) is 3.55. The molecule has 0 bridgehead atoms. The van der Waals surface area contributed by atoms with Crippen molar-refractivity contribution in [2.24, 2.45) is 0 Å². The Balaban J connectivity index is 2.46. The van der Waals surface area contributed by atoms with Crippen LogP contribution in [-0.2, 0) is 11.2 Å². The van der Waals surface area contributed by atoms with Gasteiger partial charge in [-0.2, -0.15) is 0 Å². The summed E-state index contributed by atoms with van der Waals surface area (Å²) in [5.74, 6) is -0.298. The highest BCUT2D eigenvalue weighted by atomic mass is 19.1. The van der Waals surface area contributed by atoms with E-state index in [9.17, 15) is 9.18 Å². The molecule has 74 valence electrons. The average Bonchev–Trinajstić information content (AvgIpc) is 2.16. The topological polar surface area (TPSA) is 20.3 Å². The molecule has 0 N–H and O–H groups in total. The summed E-state index contributed by atoms with van der Waals surface area (Å²) in [5.41, 5.74) is 1.80. The molecule has 3 heteroatoms. The molecule has 1 aliphatic rings. The van der Waals surface area contributed by atoms with Gasteiger partial charge in [-0.15, -0.1) is 0 Å². The lowest BCUT2D eigenvalue weighted by Crippen LogP contribution is -2.33. The van der Waals surface area contributed by atoms with Crippen molar-refractivity contribution >= 4 is 11.6 Å². The first-order valence-corrected chi connectivity index (χ1v) is 4.75. The quantitative estimate of drug-likeness (QED) is 0.618. The molecule has 1 amide bonds. The number of halogens is 1. The highest BCUT2D eigenvalue weighted by molar-refractivity contribution is 5.92. The zero-order valence-electron chi connectivity index (χ0n) is 8.09. The molecule has 14 heavy (non-hydrogen) atoms. The normalized spacial score (nSPS) is 15.1. The van der Waals surface area contributed by atoms with Crippen LogP contribution in [-0.4, -0.2) is 12.5 Å². The Morgan fingerprint density at radius 2 is 2.29 bits per heavy atom. The number of hydrogen-bond donors (Lipinski definition) is 0. The Hall–Kier alpha value is -1.38. The van der Waals surface area contributed by atoms with E-state index >= 15 is 0 Å². The van der Waals surface area contributed by atoms with E-state index in [1.54, 1.807) is 11.0 Å². The molecule has 0 aliphatic carbocycles. The summed E-state index contributed by atoms with van der Waals surface area (Å²) in [4.78, 5) is 12.9. The van der Waals surface area contributed by atoms with Crippen LogP contribution in [0.4, 0.5) is 10.1 Å². The fourth-order valence-electron chi connectivity index (χ4n) is 1.87. The summed E-state index contributed by atoms with van der Waals surface area (Å²) in [7, 11) is 0. The van der Waals surface area contributed by atoms with E-state index in [0.717, 1.165) is 24.1 Å². The summed E-state index contributed by atoms with van der Waals surface area (Å²) in [6.45, 7) is 2.21. The predicted octanol–water partition coefficient (Wildman–Crippen LogP) is 2.12.